The van der Waals surface area contributed by atoms with Crippen molar-refractivity contribution in [3.05, 3.63) is 53.6 Å². The molecule has 0 spiro atoms. The van der Waals surface area contributed by atoms with E-state index in [1.807, 2.05) is 0 Å². The Balaban J connectivity index is 0.000000532. The predicted octanol–water partition coefficient (Wildman–Crippen LogP) is 4.92. The second-order valence-corrected chi connectivity index (χ2v) is 9.29. The van der Waals surface area contributed by atoms with Gasteiger partial charge in [0.15, 0.2) is 0 Å². The summed E-state index contributed by atoms with van der Waals surface area (Å²) in [7, 11) is 0. The fourth-order valence-corrected chi connectivity index (χ4v) is 4.18. The number of rotatable bonds is 8. The van der Waals surface area contributed by atoms with E-state index in [2.05, 4.69) is 37.7 Å². The van der Waals surface area contributed by atoms with E-state index in [1.165, 1.54) is 31.5 Å². The van der Waals surface area contributed by atoms with Crippen LogP contribution < -0.4 is 10.6 Å². The molecule has 2 aromatic heterocycles. The number of anilines is 2. The highest BCUT2D eigenvalue weighted by atomic mass is 32.2. The fourth-order valence-electron chi connectivity index (χ4n) is 3.30. The van der Waals surface area contributed by atoms with Crippen molar-refractivity contribution in [2.24, 2.45) is 5.92 Å². The molecule has 39 heavy (non-hydrogen) atoms. The Morgan fingerprint density at radius 2 is 1.82 bits per heavy atom. The largest absolute Gasteiger partial charge is 0.490 e. The Morgan fingerprint density at radius 1 is 1.18 bits per heavy atom. The third-order valence-electron chi connectivity index (χ3n) is 5.28. The summed E-state index contributed by atoms with van der Waals surface area (Å²) in [5.41, 5.74) is 2.59. The number of carboxylic acid groups (broad SMARTS) is 1. The molecular formula is C25H22F3N7O3S. The van der Waals surface area contributed by atoms with E-state index in [0.29, 0.717) is 50.5 Å². The summed E-state index contributed by atoms with van der Waals surface area (Å²) >= 11 is 1.40. The first-order chi connectivity index (χ1) is 18.5. The lowest BCUT2D eigenvalue weighted by Crippen LogP contribution is -2.21. The van der Waals surface area contributed by atoms with Gasteiger partial charge in [-0.15, -0.1) is 0 Å². The lowest BCUT2D eigenvalue weighted by molar-refractivity contribution is -0.192. The molecule has 1 saturated carbocycles. The highest BCUT2D eigenvalue weighted by molar-refractivity contribution is 7.98. The van der Waals surface area contributed by atoms with E-state index in [1.54, 1.807) is 36.7 Å². The molecule has 1 aromatic carbocycles. The molecular weight excluding hydrogens is 535 g/mol. The van der Waals surface area contributed by atoms with Crippen LogP contribution in [-0.4, -0.2) is 44.7 Å². The second kappa shape index (κ2) is 12.8. The number of amides is 1. The van der Waals surface area contributed by atoms with Gasteiger partial charge in [-0.1, -0.05) is 23.9 Å². The highest BCUT2D eigenvalue weighted by Gasteiger charge is 2.38. The quantitative estimate of drug-likeness (QED) is 0.281. The second-order valence-electron chi connectivity index (χ2n) is 8.32. The zero-order chi connectivity index (χ0) is 28.6. The molecule has 3 aromatic rings. The van der Waals surface area contributed by atoms with Crippen molar-refractivity contribution in [2.75, 3.05) is 17.2 Å². The summed E-state index contributed by atoms with van der Waals surface area (Å²) in [6, 6.07) is 11.6. The Bertz CT molecular complexity index is 1410. The van der Waals surface area contributed by atoms with Crippen molar-refractivity contribution in [1.82, 2.24) is 15.0 Å². The normalized spacial score (nSPS) is 12.4. The average Bonchev–Trinajstić information content (AvgIpc) is 3.57. The van der Waals surface area contributed by atoms with Crippen molar-refractivity contribution in [3.8, 4) is 23.3 Å². The van der Waals surface area contributed by atoms with Crippen LogP contribution in [-0.2, 0) is 15.3 Å². The van der Waals surface area contributed by atoms with E-state index < -0.39 is 12.1 Å². The van der Waals surface area contributed by atoms with Crippen LogP contribution in [0, 0.1) is 28.6 Å². The van der Waals surface area contributed by atoms with E-state index in [0.717, 1.165) is 12.4 Å². The minimum Gasteiger partial charge on any atom is -0.475 e. The van der Waals surface area contributed by atoms with Gasteiger partial charge in [0.2, 0.25) is 5.91 Å². The Kier molecular flexibility index (Phi) is 9.52. The van der Waals surface area contributed by atoms with Crippen LogP contribution in [0.1, 0.15) is 36.7 Å². The lowest BCUT2D eigenvalue weighted by atomic mass is 9.96. The number of benzene rings is 1. The molecule has 1 aliphatic rings. The van der Waals surface area contributed by atoms with Crippen molar-refractivity contribution in [1.29, 1.82) is 10.5 Å². The lowest BCUT2D eigenvalue weighted by Gasteiger charge is -2.16. The molecule has 4 N–H and O–H groups in total. The van der Waals surface area contributed by atoms with Crippen LogP contribution in [0.4, 0.5) is 24.7 Å². The van der Waals surface area contributed by atoms with Gasteiger partial charge in [-0.05, 0) is 36.5 Å². The molecule has 0 unspecified atom stereocenters. The zero-order valence-electron chi connectivity index (χ0n) is 20.5. The maximum atomic E-state index is 11.3. The number of aromatic amines is 1. The molecule has 1 aliphatic carbocycles. The molecule has 4 rings (SSSR count). The van der Waals surface area contributed by atoms with Crippen molar-refractivity contribution >= 4 is 35.1 Å². The number of H-pyrrole nitrogens is 1. The van der Waals surface area contributed by atoms with Crippen LogP contribution in [0.5, 0.6) is 0 Å². The number of thioether (sulfide) groups is 1. The average molecular weight is 558 g/mol. The van der Waals surface area contributed by atoms with Gasteiger partial charge >= 0.3 is 12.1 Å². The molecule has 2 heterocycles. The minimum atomic E-state index is -5.08. The van der Waals surface area contributed by atoms with Crippen LogP contribution in [0.2, 0.25) is 0 Å². The Morgan fingerprint density at radius 3 is 2.31 bits per heavy atom. The van der Waals surface area contributed by atoms with Crippen LogP contribution in [0.15, 0.2) is 41.7 Å². The Hall–Kier alpha value is -4.56. The summed E-state index contributed by atoms with van der Waals surface area (Å²) < 4.78 is 31.7. The first-order valence-corrected chi connectivity index (χ1v) is 12.4. The van der Waals surface area contributed by atoms with Gasteiger partial charge in [-0.25, -0.2) is 14.8 Å². The number of carbonyl (C=O) groups is 2. The standard InChI is InChI=1S/C23H21N7OS.C2HF3O2/c1-14(31)29-17-6-4-16(5-7-17)21-18(10-24)22(28-12-15-2-3-15)30-23(19(21)11-25)32-13-20-26-8-9-27-20;3-2(4,5)1(6)7/h4-9,15H,2-3,12-13H2,1H3,(H,26,27)(H,28,30)(H,29,31);(H,6,7). The molecule has 0 radical (unpaired) electrons. The highest BCUT2D eigenvalue weighted by Crippen LogP contribution is 2.38. The first kappa shape index (κ1) is 29.0. The number of aromatic nitrogens is 3. The van der Waals surface area contributed by atoms with Crippen LogP contribution >= 0.6 is 11.8 Å². The molecule has 1 fully saturated rings. The van der Waals surface area contributed by atoms with Crippen LogP contribution in [0.3, 0.4) is 0 Å². The maximum absolute atomic E-state index is 11.3. The fraction of sp³-hybridized carbons (Fsp3) is 0.280. The SMILES string of the molecule is CC(=O)Nc1ccc(-c2c(C#N)c(NCC3CC3)nc(SCc3ncc[nH]3)c2C#N)cc1.O=C(O)C(F)(F)F. The van der Waals surface area contributed by atoms with Gasteiger partial charge in [-0.2, -0.15) is 23.7 Å². The summed E-state index contributed by atoms with van der Waals surface area (Å²) in [6.45, 7) is 2.19. The monoisotopic (exact) mass is 557 g/mol. The van der Waals surface area contributed by atoms with Gasteiger partial charge in [0.1, 0.15) is 34.4 Å². The number of nitriles is 2. The van der Waals surface area contributed by atoms with Gasteiger partial charge in [0.25, 0.3) is 0 Å². The molecule has 10 nitrogen and oxygen atoms in total. The number of aliphatic carboxylic acids is 1. The number of hydrogen-bond acceptors (Lipinski definition) is 8. The number of halogens is 3. The van der Waals surface area contributed by atoms with E-state index in [4.69, 9.17) is 9.90 Å². The molecule has 0 atom stereocenters. The van der Waals surface area contributed by atoms with Gasteiger partial charge < -0.3 is 20.7 Å². The number of pyridine rings is 1. The third kappa shape index (κ3) is 8.21. The number of nitrogens with one attached hydrogen (secondary N) is 3. The Labute approximate surface area is 225 Å². The van der Waals surface area contributed by atoms with Crippen molar-refractivity contribution < 1.29 is 27.9 Å². The number of hydrogen-bond donors (Lipinski definition) is 4. The number of carbonyl (C=O) groups excluding carboxylic acids is 1. The summed E-state index contributed by atoms with van der Waals surface area (Å²) in [5.74, 6) is -0.546. The molecule has 0 aliphatic heterocycles. The smallest absolute Gasteiger partial charge is 0.475 e. The maximum Gasteiger partial charge on any atom is 0.490 e. The molecule has 0 saturated heterocycles. The number of alkyl halides is 3. The third-order valence-corrected chi connectivity index (χ3v) is 6.27. The topological polar surface area (TPSA) is 168 Å². The first-order valence-electron chi connectivity index (χ1n) is 11.4. The summed E-state index contributed by atoms with van der Waals surface area (Å²) in [5, 5.41) is 33.7. The molecule has 14 heteroatoms. The number of nitrogens with zero attached hydrogens (tertiary/aromatic N) is 4. The predicted molar refractivity (Wildman–Crippen MR) is 136 cm³/mol. The summed E-state index contributed by atoms with van der Waals surface area (Å²) in [4.78, 5) is 32.2. The number of imidazole rings is 1. The van der Waals surface area contributed by atoms with Gasteiger partial charge in [0.05, 0.1) is 11.3 Å². The number of carboxylic acids is 1. The van der Waals surface area contributed by atoms with Crippen molar-refractivity contribution in [3.63, 3.8) is 0 Å². The zero-order valence-corrected chi connectivity index (χ0v) is 21.3. The van der Waals surface area contributed by atoms with Crippen molar-refractivity contribution in [2.45, 2.75) is 36.7 Å². The minimum absolute atomic E-state index is 0.166. The van der Waals surface area contributed by atoms with Gasteiger partial charge in [-0.3, -0.25) is 4.79 Å². The van der Waals surface area contributed by atoms with Crippen LogP contribution in [0.25, 0.3) is 11.1 Å². The summed E-state index contributed by atoms with van der Waals surface area (Å²) in [6.07, 6.45) is 0.682. The van der Waals surface area contributed by atoms with E-state index >= 15 is 0 Å². The molecule has 1 amide bonds. The molecule has 0 bridgehead atoms. The van der Waals surface area contributed by atoms with E-state index in [-0.39, 0.29) is 5.91 Å². The van der Waals surface area contributed by atoms with E-state index in [9.17, 15) is 28.5 Å². The van der Waals surface area contributed by atoms with Gasteiger partial charge in [0, 0.05) is 37.1 Å². The molecule has 202 valence electrons.